The Morgan fingerprint density at radius 2 is 2.31 bits per heavy atom. The molecule has 2 N–H and O–H groups in total. The van der Waals surface area contributed by atoms with Crippen LogP contribution in [0.25, 0.3) is 0 Å². The van der Waals surface area contributed by atoms with Crippen LogP contribution < -0.4 is 10.6 Å². The minimum atomic E-state index is 0.101. The predicted octanol–water partition coefficient (Wildman–Crippen LogP) is 0.307. The summed E-state index contributed by atoms with van der Waals surface area (Å²) >= 11 is 0. The first-order chi connectivity index (χ1) is 7.72. The van der Waals surface area contributed by atoms with Crippen LogP contribution in [-0.2, 0) is 11.3 Å². The Balaban J connectivity index is 1.98. The fraction of sp³-hybridized carbons (Fsp3) is 0.636. The van der Waals surface area contributed by atoms with Gasteiger partial charge in [-0.2, -0.15) is 5.10 Å². The number of nitrogens with one attached hydrogen (secondary N) is 2. The molecule has 0 unspecified atom stereocenters. The summed E-state index contributed by atoms with van der Waals surface area (Å²) in [6.45, 7) is 4.65. The molecule has 0 aliphatic carbocycles. The molecule has 1 aromatic rings. The smallest absolute Gasteiger partial charge is 0.219 e. The lowest BCUT2D eigenvalue weighted by Crippen LogP contribution is -2.23. The molecule has 16 heavy (non-hydrogen) atoms. The molecule has 5 heteroatoms. The summed E-state index contributed by atoms with van der Waals surface area (Å²) in [6.07, 6.45) is 5.33. The van der Waals surface area contributed by atoms with E-state index in [0.717, 1.165) is 26.1 Å². The molecular formula is C11H20N4O. The molecule has 0 spiro atoms. The molecule has 5 nitrogen and oxygen atoms in total. The molecule has 1 heterocycles. The van der Waals surface area contributed by atoms with Gasteiger partial charge in [0.1, 0.15) is 0 Å². The zero-order valence-electron chi connectivity index (χ0n) is 9.99. The van der Waals surface area contributed by atoms with Crippen LogP contribution in [0.4, 0.5) is 0 Å². The first kappa shape index (κ1) is 12.7. The van der Waals surface area contributed by atoms with Gasteiger partial charge in [-0.15, -0.1) is 0 Å². The second-order valence-electron chi connectivity index (χ2n) is 3.81. The van der Waals surface area contributed by atoms with Crippen molar-refractivity contribution in [2.75, 3.05) is 20.1 Å². The lowest BCUT2D eigenvalue weighted by molar-refractivity contribution is -0.120. The summed E-state index contributed by atoms with van der Waals surface area (Å²) in [4.78, 5) is 10.9. The van der Waals surface area contributed by atoms with Crippen molar-refractivity contribution in [3.63, 3.8) is 0 Å². The molecule has 90 valence electrons. The Bertz CT molecular complexity index is 322. The number of hydrogen-bond donors (Lipinski definition) is 2. The molecule has 0 fully saturated rings. The topological polar surface area (TPSA) is 59.0 Å². The second kappa shape index (κ2) is 7.00. The van der Waals surface area contributed by atoms with E-state index in [4.69, 9.17) is 0 Å². The van der Waals surface area contributed by atoms with Gasteiger partial charge in [-0.3, -0.25) is 9.48 Å². The van der Waals surface area contributed by atoms with Gasteiger partial charge in [0.05, 0.1) is 12.7 Å². The van der Waals surface area contributed by atoms with Crippen LogP contribution in [0.1, 0.15) is 18.4 Å². The standard InChI is InChI=1S/C11H20N4O/c1-10-8-14-15(9-10)7-6-13-5-3-4-11(16)12-2/h8-9,13H,3-7H2,1-2H3,(H,12,16). The molecule has 1 rings (SSSR count). The lowest BCUT2D eigenvalue weighted by Gasteiger charge is -2.04. The fourth-order valence-electron chi connectivity index (χ4n) is 1.41. The highest BCUT2D eigenvalue weighted by Gasteiger charge is 1.97. The predicted molar refractivity (Wildman–Crippen MR) is 63.1 cm³/mol. The van der Waals surface area contributed by atoms with Gasteiger partial charge in [0, 0.05) is 26.2 Å². The summed E-state index contributed by atoms with van der Waals surface area (Å²) in [5.41, 5.74) is 1.18. The van der Waals surface area contributed by atoms with Crippen molar-refractivity contribution < 1.29 is 4.79 Å². The zero-order valence-corrected chi connectivity index (χ0v) is 9.99. The minimum absolute atomic E-state index is 0.101. The molecule has 1 amide bonds. The van der Waals surface area contributed by atoms with Gasteiger partial charge in [-0.25, -0.2) is 0 Å². The Labute approximate surface area is 96.2 Å². The van der Waals surface area contributed by atoms with Gasteiger partial charge in [-0.1, -0.05) is 0 Å². The fourth-order valence-corrected chi connectivity index (χ4v) is 1.41. The number of aryl methyl sites for hydroxylation is 1. The molecule has 0 radical (unpaired) electrons. The van der Waals surface area contributed by atoms with E-state index in [9.17, 15) is 4.79 Å². The third kappa shape index (κ3) is 4.93. The van der Waals surface area contributed by atoms with Gasteiger partial charge in [0.25, 0.3) is 0 Å². The number of rotatable bonds is 7. The van der Waals surface area contributed by atoms with E-state index in [0.29, 0.717) is 6.42 Å². The van der Waals surface area contributed by atoms with E-state index in [2.05, 4.69) is 15.7 Å². The molecule has 0 bridgehead atoms. The molecule has 0 saturated heterocycles. The summed E-state index contributed by atoms with van der Waals surface area (Å²) in [7, 11) is 1.66. The van der Waals surface area contributed by atoms with Crippen LogP contribution in [0.15, 0.2) is 12.4 Å². The average Bonchev–Trinajstić information content (AvgIpc) is 2.69. The molecular weight excluding hydrogens is 204 g/mol. The van der Waals surface area contributed by atoms with E-state index in [1.54, 1.807) is 7.05 Å². The summed E-state index contributed by atoms with van der Waals surface area (Å²) in [6, 6.07) is 0. The van der Waals surface area contributed by atoms with Gasteiger partial charge in [0.2, 0.25) is 5.91 Å². The molecule has 0 aromatic carbocycles. The van der Waals surface area contributed by atoms with Gasteiger partial charge in [-0.05, 0) is 25.5 Å². The van der Waals surface area contributed by atoms with Crippen LogP contribution in [0.5, 0.6) is 0 Å². The lowest BCUT2D eigenvalue weighted by atomic mass is 10.3. The van der Waals surface area contributed by atoms with Gasteiger partial charge in [0.15, 0.2) is 0 Å². The molecule has 1 aromatic heterocycles. The highest BCUT2D eigenvalue weighted by Crippen LogP contribution is 1.93. The van der Waals surface area contributed by atoms with Crippen molar-refractivity contribution in [3.05, 3.63) is 18.0 Å². The monoisotopic (exact) mass is 224 g/mol. The second-order valence-corrected chi connectivity index (χ2v) is 3.81. The third-order valence-corrected chi connectivity index (χ3v) is 2.32. The molecule has 0 aliphatic heterocycles. The first-order valence-electron chi connectivity index (χ1n) is 5.62. The van der Waals surface area contributed by atoms with Crippen molar-refractivity contribution in [2.45, 2.75) is 26.3 Å². The summed E-state index contributed by atoms with van der Waals surface area (Å²) in [5, 5.41) is 10.1. The van der Waals surface area contributed by atoms with Crippen LogP contribution in [-0.4, -0.2) is 35.8 Å². The Morgan fingerprint density at radius 3 is 2.94 bits per heavy atom. The van der Waals surface area contributed by atoms with Crippen LogP contribution in [0, 0.1) is 6.92 Å². The van der Waals surface area contributed by atoms with Crippen molar-refractivity contribution in [3.8, 4) is 0 Å². The maximum Gasteiger partial charge on any atom is 0.219 e. The van der Waals surface area contributed by atoms with Gasteiger partial charge < -0.3 is 10.6 Å². The zero-order chi connectivity index (χ0) is 11.8. The Hall–Kier alpha value is -1.36. The van der Waals surface area contributed by atoms with Crippen molar-refractivity contribution in [1.29, 1.82) is 0 Å². The minimum Gasteiger partial charge on any atom is -0.359 e. The average molecular weight is 224 g/mol. The quantitative estimate of drug-likeness (QED) is 0.655. The van der Waals surface area contributed by atoms with Crippen LogP contribution >= 0.6 is 0 Å². The first-order valence-corrected chi connectivity index (χ1v) is 5.62. The highest BCUT2D eigenvalue weighted by molar-refractivity contribution is 5.75. The number of amides is 1. The van der Waals surface area contributed by atoms with Crippen LogP contribution in [0.3, 0.4) is 0 Å². The number of aromatic nitrogens is 2. The van der Waals surface area contributed by atoms with Crippen LogP contribution in [0.2, 0.25) is 0 Å². The number of carbonyl (C=O) groups excluding carboxylic acids is 1. The highest BCUT2D eigenvalue weighted by atomic mass is 16.1. The van der Waals surface area contributed by atoms with E-state index >= 15 is 0 Å². The SMILES string of the molecule is CNC(=O)CCCNCCn1cc(C)cn1. The summed E-state index contributed by atoms with van der Waals surface area (Å²) < 4.78 is 1.92. The normalized spacial score (nSPS) is 10.4. The van der Waals surface area contributed by atoms with Crippen molar-refractivity contribution >= 4 is 5.91 Å². The van der Waals surface area contributed by atoms with Gasteiger partial charge >= 0.3 is 0 Å². The largest absolute Gasteiger partial charge is 0.359 e. The van der Waals surface area contributed by atoms with E-state index in [1.165, 1.54) is 5.56 Å². The Kier molecular flexibility index (Phi) is 5.56. The van der Waals surface area contributed by atoms with E-state index in [-0.39, 0.29) is 5.91 Å². The third-order valence-electron chi connectivity index (χ3n) is 2.32. The Morgan fingerprint density at radius 1 is 1.50 bits per heavy atom. The summed E-state index contributed by atoms with van der Waals surface area (Å²) in [5.74, 6) is 0.101. The van der Waals surface area contributed by atoms with E-state index in [1.807, 2.05) is 24.0 Å². The molecule has 0 saturated carbocycles. The maximum atomic E-state index is 10.9. The number of carbonyl (C=O) groups is 1. The van der Waals surface area contributed by atoms with Crippen molar-refractivity contribution in [2.24, 2.45) is 0 Å². The molecule has 0 atom stereocenters. The van der Waals surface area contributed by atoms with E-state index < -0.39 is 0 Å². The number of hydrogen-bond acceptors (Lipinski definition) is 3. The molecule has 0 aliphatic rings. The number of nitrogens with zero attached hydrogens (tertiary/aromatic N) is 2. The maximum absolute atomic E-state index is 10.9. The van der Waals surface area contributed by atoms with Crippen molar-refractivity contribution in [1.82, 2.24) is 20.4 Å².